The number of hydrogen-bond donors (Lipinski definition) is 1. The maximum absolute atomic E-state index is 8.35. The van der Waals surface area contributed by atoms with Gasteiger partial charge in [-0.3, -0.25) is 0 Å². The fourth-order valence-corrected chi connectivity index (χ4v) is 8.77. The van der Waals surface area contributed by atoms with Crippen molar-refractivity contribution in [1.29, 1.82) is 5.41 Å². The van der Waals surface area contributed by atoms with E-state index in [2.05, 4.69) is 173 Å². The van der Waals surface area contributed by atoms with Crippen molar-refractivity contribution in [2.24, 2.45) is 0 Å². The summed E-state index contributed by atoms with van der Waals surface area (Å²) in [7, 11) is 0. The number of hydrogen-bond acceptors (Lipinski definition) is 1. The molecule has 0 aliphatic heterocycles. The van der Waals surface area contributed by atoms with Crippen LogP contribution >= 0.6 is 0 Å². The Labute approximate surface area is 299 Å². The summed E-state index contributed by atoms with van der Waals surface area (Å²) < 4.78 is 4.74. The van der Waals surface area contributed by atoms with Crippen molar-refractivity contribution < 1.29 is 0 Å². The van der Waals surface area contributed by atoms with Crippen LogP contribution in [0.2, 0.25) is 0 Å². The minimum Gasteiger partial charge on any atom is -0.309 e. The van der Waals surface area contributed by atoms with Crippen molar-refractivity contribution in [3.05, 3.63) is 180 Å². The molecule has 1 N–H and O–H groups in total. The molecule has 0 fully saturated rings. The second-order valence-corrected chi connectivity index (χ2v) is 13.8. The van der Waals surface area contributed by atoms with Crippen molar-refractivity contribution in [3.63, 3.8) is 0 Å². The number of fused-ring (bicyclic) bond motifs is 10. The molecule has 0 unspecified atom stereocenters. The van der Waals surface area contributed by atoms with Crippen molar-refractivity contribution in [3.8, 4) is 33.6 Å². The van der Waals surface area contributed by atoms with E-state index < -0.39 is 0 Å². The number of aromatic nitrogens is 2. The molecule has 2 heterocycles. The zero-order valence-electron chi connectivity index (χ0n) is 28.3. The molecule has 11 rings (SSSR count). The third-order valence-corrected chi connectivity index (χ3v) is 11.1. The van der Waals surface area contributed by atoms with Crippen LogP contribution in [0.1, 0.15) is 5.56 Å². The second kappa shape index (κ2) is 10.8. The summed E-state index contributed by atoms with van der Waals surface area (Å²) in [4.78, 5) is 0. The first-order valence-corrected chi connectivity index (χ1v) is 17.7. The monoisotopic (exact) mass is 661 g/mol. The van der Waals surface area contributed by atoms with E-state index in [0.717, 1.165) is 55.1 Å². The lowest BCUT2D eigenvalue weighted by molar-refractivity contribution is 1.16. The summed E-state index contributed by atoms with van der Waals surface area (Å²) in [6, 6.07) is 59.2. The van der Waals surface area contributed by atoms with Crippen molar-refractivity contribution in [2.45, 2.75) is 0 Å². The van der Waals surface area contributed by atoms with Crippen LogP contribution in [0.3, 0.4) is 0 Å². The van der Waals surface area contributed by atoms with Crippen LogP contribution in [0, 0.1) is 5.41 Å². The summed E-state index contributed by atoms with van der Waals surface area (Å²) in [6.07, 6.45) is 1.48. The fourth-order valence-electron chi connectivity index (χ4n) is 8.77. The number of rotatable bonds is 4. The molecule has 0 atom stereocenters. The number of benzene rings is 8. The van der Waals surface area contributed by atoms with E-state index in [1.54, 1.807) is 0 Å². The predicted molar refractivity (Wildman–Crippen MR) is 220 cm³/mol. The number of para-hydroxylation sites is 2. The van der Waals surface area contributed by atoms with Gasteiger partial charge in [0.05, 0.1) is 27.8 Å². The molecule has 2 aromatic heterocycles. The molecular formula is C49H31N3. The minimum absolute atomic E-state index is 0.928. The van der Waals surface area contributed by atoms with E-state index in [1.807, 2.05) is 6.07 Å². The lowest BCUT2D eigenvalue weighted by Gasteiger charge is -2.11. The normalized spacial score (nSPS) is 12.3. The molecule has 52 heavy (non-hydrogen) atoms. The minimum atomic E-state index is 0.928. The third-order valence-electron chi connectivity index (χ3n) is 11.1. The average Bonchev–Trinajstić information content (AvgIpc) is 3.82. The lowest BCUT2D eigenvalue weighted by atomic mass is 10.00. The zero-order valence-corrected chi connectivity index (χ0v) is 28.3. The van der Waals surface area contributed by atoms with Crippen molar-refractivity contribution in [2.75, 3.05) is 0 Å². The standard InChI is InChI=1S/C49H31N3/c1-30-44(24-21-39-36-15-7-8-16-37(36)43(29-50)49(30)39)52-45-18-10-9-17-38(45)40-26-33(20-23-47(40)52)34-19-22-46-41(27-34)42-25-31-11-5-6-12-32(31)28-48(42)51(46)35-13-3-2-4-14-35/h2-29,50H,1H2. The van der Waals surface area contributed by atoms with Gasteiger partial charge in [0.2, 0.25) is 0 Å². The Morgan fingerprint density at radius 2 is 1.04 bits per heavy atom. The Hall–Kier alpha value is -6.97. The first kappa shape index (κ1) is 28.8. The predicted octanol–water partition coefficient (Wildman–Crippen LogP) is 10.9. The van der Waals surface area contributed by atoms with Crippen LogP contribution in [-0.2, 0) is 0 Å². The quantitative estimate of drug-likeness (QED) is 0.182. The maximum Gasteiger partial charge on any atom is 0.0547 e. The van der Waals surface area contributed by atoms with Crippen LogP contribution in [0.5, 0.6) is 0 Å². The third kappa shape index (κ3) is 3.93. The average molecular weight is 662 g/mol. The highest BCUT2D eigenvalue weighted by molar-refractivity contribution is 6.16. The molecule has 1 aliphatic carbocycles. The van der Waals surface area contributed by atoms with E-state index in [1.165, 1.54) is 60.7 Å². The van der Waals surface area contributed by atoms with Gasteiger partial charge in [-0.2, -0.15) is 0 Å². The molecule has 0 spiro atoms. The van der Waals surface area contributed by atoms with Gasteiger partial charge >= 0.3 is 0 Å². The molecule has 0 saturated carbocycles. The molecule has 8 aromatic carbocycles. The smallest absolute Gasteiger partial charge is 0.0547 e. The van der Waals surface area contributed by atoms with E-state index in [-0.39, 0.29) is 0 Å². The molecule has 3 heteroatoms. The van der Waals surface area contributed by atoms with Gasteiger partial charge < -0.3 is 14.5 Å². The van der Waals surface area contributed by atoms with Gasteiger partial charge in [0.25, 0.3) is 0 Å². The van der Waals surface area contributed by atoms with E-state index in [9.17, 15) is 0 Å². The van der Waals surface area contributed by atoms with Crippen LogP contribution < -0.4 is 10.4 Å². The molecule has 1 aliphatic rings. The summed E-state index contributed by atoms with van der Waals surface area (Å²) in [5.74, 6) is 0. The van der Waals surface area contributed by atoms with E-state index in [4.69, 9.17) is 5.41 Å². The Kier molecular flexibility index (Phi) is 5.97. The van der Waals surface area contributed by atoms with E-state index >= 15 is 0 Å². The first-order chi connectivity index (χ1) is 25.7. The lowest BCUT2D eigenvalue weighted by Crippen LogP contribution is -2.30. The van der Waals surface area contributed by atoms with Crippen LogP contribution in [0.4, 0.5) is 0 Å². The Morgan fingerprint density at radius 3 is 1.81 bits per heavy atom. The van der Waals surface area contributed by atoms with Gasteiger partial charge in [-0.05, 0) is 104 Å². The maximum atomic E-state index is 8.35. The van der Waals surface area contributed by atoms with Crippen molar-refractivity contribution >= 4 is 72.8 Å². The molecule has 0 radical (unpaired) electrons. The Balaban J connectivity index is 1.13. The highest BCUT2D eigenvalue weighted by atomic mass is 15.0. The topological polar surface area (TPSA) is 33.7 Å². The molecule has 0 bridgehead atoms. The van der Waals surface area contributed by atoms with Gasteiger partial charge in [-0.25, -0.2) is 0 Å². The molecule has 3 nitrogen and oxygen atoms in total. The van der Waals surface area contributed by atoms with Crippen LogP contribution in [0.25, 0.3) is 100 Å². The van der Waals surface area contributed by atoms with Gasteiger partial charge in [0.1, 0.15) is 0 Å². The number of nitrogens with zero attached hydrogens (tertiary/aromatic N) is 2. The van der Waals surface area contributed by atoms with Gasteiger partial charge in [0, 0.05) is 44.2 Å². The van der Waals surface area contributed by atoms with Gasteiger partial charge in [0.15, 0.2) is 0 Å². The molecule has 242 valence electrons. The molecule has 10 aromatic rings. The van der Waals surface area contributed by atoms with Gasteiger partial charge in [-0.1, -0.05) is 110 Å². The first-order valence-electron chi connectivity index (χ1n) is 17.7. The summed E-state index contributed by atoms with van der Waals surface area (Å²) in [6.45, 7) is 4.66. The van der Waals surface area contributed by atoms with Crippen LogP contribution in [-0.4, -0.2) is 15.3 Å². The molecule has 0 saturated heterocycles. The fraction of sp³-hybridized carbons (Fsp3) is 0. The summed E-state index contributed by atoms with van der Waals surface area (Å²) >= 11 is 0. The second-order valence-electron chi connectivity index (χ2n) is 13.8. The summed E-state index contributed by atoms with van der Waals surface area (Å²) in [5.41, 5.74) is 13.6. The Morgan fingerprint density at radius 1 is 0.442 bits per heavy atom. The highest BCUT2D eigenvalue weighted by Gasteiger charge is 2.22. The van der Waals surface area contributed by atoms with Gasteiger partial charge in [-0.15, -0.1) is 0 Å². The largest absolute Gasteiger partial charge is 0.309 e. The van der Waals surface area contributed by atoms with E-state index in [0.29, 0.717) is 0 Å². The van der Waals surface area contributed by atoms with Crippen molar-refractivity contribution in [1.82, 2.24) is 9.13 Å². The SMILES string of the molecule is C=c1c(-n2c3ccccc3c3cc(-c4ccc5c(c4)c4cc6ccccc6cc4n5-c4ccccc4)ccc32)ccc2c1=C(C=N)c1ccccc1-2. The molecular weight excluding hydrogens is 631 g/mol. The summed E-state index contributed by atoms with van der Waals surface area (Å²) in [5, 5.41) is 17.7. The van der Waals surface area contributed by atoms with Crippen LogP contribution in [0.15, 0.2) is 164 Å². The molecule has 0 amide bonds. The highest BCUT2D eigenvalue weighted by Crippen LogP contribution is 2.39. The number of nitrogens with one attached hydrogen (secondary N) is 1. The zero-order chi connectivity index (χ0) is 34.5. The Bertz CT molecular complexity index is 3270.